The first-order chi connectivity index (χ1) is 9.27. The molecule has 98 valence electrons. The van der Waals surface area contributed by atoms with E-state index in [1.54, 1.807) is 12.4 Å². The Morgan fingerprint density at radius 3 is 3.05 bits per heavy atom. The Bertz CT molecular complexity index is 610. The van der Waals surface area contributed by atoms with Gasteiger partial charge < -0.3 is 5.32 Å². The molecule has 0 spiro atoms. The lowest BCUT2D eigenvalue weighted by Gasteiger charge is -2.25. The molecule has 0 bridgehead atoms. The van der Waals surface area contributed by atoms with E-state index in [0.717, 1.165) is 42.3 Å². The summed E-state index contributed by atoms with van der Waals surface area (Å²) in [7, 11) is 0. The molecule has 3 rings (SSSR count). The van der Waals surface area contributed by atoms with E-state index in [1.807, 2.05) is 24.3 Å². The number of aromatic nitrogens is 1. The van der Waals surface area contributed by atoms with Gasteiger partial charge in [-0.1, -0.05) is 25.1 Å². The van der Waals surface area contributed by atoms with Gasteiger partial charge in [-0.05, 0) is 30.8 Å². The molecule has 1 saturated heterocycles. The average molecular weight is 254 g/mol. The summed E-state index contributed by atoms with van der Waals surface area (Å²) in [5.74, 6) is 0.263. The number of carbonyl (C=O) groups excluding carboxylic acids is 1. The van der Waals surface area contributed by atoms with E-state index < -0.39 is 0 Å². The van der Waals surface area contributed by atoms with Crippen molar-refractivity contribution in [3.63, 3.8) is 0 Å². The molecule has 1 atom stereocenters. The highest BCUT2D eigenvalue weighted by Crippen LogP contribution is 2.35. The number of fused-ring (bicyclic) bond motifs is 1. The second-order valence-corrected chi connectivity index (χ2v) is 5.29. The largest absolute Gasteiger partial charge is 0.316 e. The van der Waals surface area contributed by atoms with Crippen molar-refractivity contribution in [2.24, 2.45) is 5.41 Å². The Morgan fingerprint density at radius 2 is 2.32 bits per heavy atom. The maximum Gasteiger partial charge on any atom is 0.170 e. The zero-order valence-electron chi connectivity index (χ0n) is 11.1. The molecule has 1 aromatic heterocycles. The Labute approximate surface area is 113 Å². The van der Waals surface area contributed by atoms with E-state index in [2.05, 4.69) is 17.2 Å². The van der Waals surface area contributed by atoms with Crippen LogP contribution in [0.25, 0.3) is 10.8 Å². The minimum Gasteiger partial charge on any atom is -0.316 e. The molecule has 0 saturated carbocycles. The molecule has 0 radical (unpaired) electrons. The molecule has 0 amide bonds. The topological polar surface area (TPSA) is 42.0 Å². The summed E-state index contributed by atoms with van der Waals surface area (Å²) in [5.41, 5.74) is 0.584. The molecule has 0 aliphatic carbocycles. The van der Waals surface area contributed by atoms with Crippen molar-refractivity contribution in [3.05, 3.63) is 42.2 Å². The number of ketones is 1. The molecular weight excluding hydrogens is 236 g/mol. The number of nitrogens with zero attached hydrogens (tertiary/aromatic N) is 1. The van der Waals surface area contributed by atoms with Gasteiger partial charge in [0.15, 0.2) is 5.78 Å². The summed E-state index contributed by atoms with van der Waals surface area (Å²) in [4.78, 5) is 17.1. The van der Waals surface area contributed by atoms with Crippen LogP contribution in [0.5, 0.6) is 0 Å². The molecule has 3 heteroatoms. The maximum atomic E-state index is 12.9. The van der Waals surface area contributed by atoms with Crippen molar-refractivity contribution in [1.82, 2.24) is 10.3 Å². The van der Waals surface area contributed by atoms with Crippen molar-refractivity contribution >= 4 is 16.6 Å². The van der Waals surface area contributed by atoms with E-state index in [0.29, 0.717) is 0 Å². The zero-order valence-corrected chi connectivity index (χ0v) is 11.1. The number of hydrogen-bond donors (Lipinski definition) is 1. The summed E-state index contributed by atoms with van der Waals surface area (Å²) in [5, 5.41) is 5.38. The predicted molar refractivity (Wildman–Crippen MR) is 76.3 cm³/mol. The molecule has 2 heterocycles. The molecule has 1 aromatic carbocycles. The van der Waals surface area contributed by atoms with Crippen LogP contribution < -0.4 is 5.32 Å². The lowest BCUT2D eigenvalue weighted by Crippen LogP contribution is -2.33. The van der Waals surface area contributed by atoms with Gasteiger partial charge in [-0.15, -0.1) is 0 Å². The average Bonchev–Trinajstić information content (AvgIpc) is 2.96. The van der Waals surface area contributed by atoms with Crippen molar-refractivity contribution in [2.45, 2.75) is 19.8 Å². The molecule has 3 nitrogen and oxygen atoms in total. The van der Waals surface area contributed by atoms with Gasteiger partial charge in [0.05, 0.1) is 0 Å². The minimum absolute atomic E-state index is 0.232. The molecule has 2 aromatic rings. The van der Waals surface area contributed by atoms with E-state index in [4.69, 9.17) is 0 Å². The second kappa shape index (κ2) is 4.74. The number of rotatable bonds is 3. The fourth-order valence-electron chi connectivity index (χ4n) is 3.00. The third-order valence-electron chi connectivity index (χ3n) is 4.33. The zero-order chi connectivity index (χ0) is 13.3. The summed E-state index contributed by atoms with van der Waals surface area (Å²) >= 11 is 0. The number of Topliss-reactive ketones (excluding diaryl/α,β-unsaturated/α-hetero) is 1. The van der Waals surface area contributed by atoms with Gasteiger partial charge in [0.25, 0.3) is 0 Å². The lowest BCUT2D eigenvalue weighted by atomic mass is 9.76. The first-order valence-electron chi connectivity index (χ1n) is 6.85. The van der Waals surface area contributed by atoms with Crippen molar-refractivity contribution in [2.75, 3.05) is 13.1 Å². The quantitative estimate of drug-likeness (QED) is 0.856. The van der Waals surface area contributed by atoms with Crippen LogP contribution >= 0.6 is 0 Å². The van der Waals surface area contributed by atoms with Gasteiger partial charge in [-0.2, -0.15) is 0 Å². The maximum absolute atomic E-state index is 12.9. The van der Waals surface area contributed by atoms with E-state index >= 15 is 0 Å². The molecule has 1 unspecified atom stereocenters. The highest BCUT2D eigenvalue weighted by molar-refractivity contribution is 6.10. The Balaban J connectivity index is 2.11. The summed E-state index contributed by atoms with van der Waals surface area (Å²) in [6, 6.07) is 7.88. The second-order valence-electron chi connectivity index (χ2n) is 5.29. The van der Waals surface area contributed by atoms with Crippen LogP contribution in [0.2, 0.25) is 0 Å². The number of carbonyl (C=O) groups is 1. The third-order valence-corrected chi connectivity index (χ3v) is 4.33. The highest BCUT2D eigenvalue weighted by Gasteiger charge is 2.40. The van der Waals surface area contributed by atoms with Crippen molar-refractivity contribution < 1.29 is 4.79 Å². The van der Waals surface area contributed by atoms with Crippen LogP contribution in [0.1, 0.15) is 30.1 Å². The summed E-state index contributed by atoms with van der Waals surface area (Å²) in [6.45, 7) is 3.83. The highest BCUT2D eigenvalue weighted by atomic mass is 16.1. The van der Waals surface area contributed by atoms with Crippen LogP contribution in [-0.2, 0) is 0 Å². The van der Waals surface area contributed by atoms with Gasteiger partial charge in [0, 0.05) is 35.3 Å². The van der Waals surface area contributed by atoms with Gasteiger partial charge >= 0.3 is 0 Å². The predicted octanol–water partition coefficient (Wildman–Crippen LogP) is 2.81. The first-order valence-corrected chi connectivity index (χ1v) is 6.85. The van der Waals surface area contributed by atoms with E-state index in [9.17, 15) is 4.79 Å². The Hall–Kier alpha value is -1.74. The Morgan fingerprint density at radius 1 is 1.42 bits per heavy atom. The number of hydrogen-bond acceptors (Lipinski definition) is 3. The third kappa shape index (κ3) is 1.94. The van der Waals surface area contributed by atoms with E-state index in [1.165, 1.54) is 0 Å². The fraction of sp³-hybridized carbons (Fsp3) is 0.375. The number of nitrogens with one attached hydrogen (secondary N) is 1. The minimum atomic E-state index is -0.232. The smallest absolute Gasteiger partial charge is 0.170 e. The SMILES string of the molecule is CCC1(C(=O)c2cccc3ccncc23)CCNC1. The van der Waals surface area contributed by atoms with Gasteiger partial charge in [0.1, 0.15) is 0 Å². The Kier molecular flexibility index (Phi) is 3.07. The van der Waals surface area contributed by atoms with Crippen LogP contribution in [0.4, 0.5) is 0 Å². The van der Waals surface area contributed by atoms with E-state index in [-0.39, 0.29) is 11.2 Å². The molecule has 1 fully saturated rings. The van der Waals surface area contributed by atoms with Crippen LogP contribution in [0.3, 0.4) is 0 Å². The molecular formula is C16H18N2O. The van der Waals surface area contributed by atoms with Gasteiger partial charge in [-0.3, -0.25) is 9.78 Å². The van der Waals surface area contributed by atoms with Gasteiger partial charge in [-0.25, -0.2) is 0 Å². The van der Waals surface area contributed by atoms with Crippen LogP contribution in [0.15, 0.2) is 36.7 Å². The van der Waals surface area contributed by atoms with Crippen molar-refractivity contribution in [1.29, 1.82) is 0 Å². The molecule has 1 N–H and O–H groups in total. The first kappa shape index (κ1) is 12.3. The number of benzene rings is 1. The molecule has 1 aliphatic heterocycles. The normalized spacial score (nSPS) is 22.8. The summed E-state index contributed by atoms with van der Waals surface area (Å²) < 4.78 is 0. The lowest BCUT2D eigenvalue weighted by molar-refractivity contribution is 0.0812. The monoisotopic (exact) mass is 254 g/mol. The van der Waals surface area contributed by atoms with Crippen LogP contribution in [0, 0.1) is 5.41 Å². The summed E-state index contributed by atoms with van der Waals surface area (Å²) in [6.07, 6.45) is 5.38. The number of pyridine rings is 1. The molecule has 1 aliphatic rings. The van der Waals surface area contributed by atoms with Crippen LogP contribution in [-0.4, -0.2) is 23.9 Å². The fourth-order valence-corrected chi connectivity index (χ4v) is 3.00. The van der Waals surface area contributed by atoms with Gasteiger partial charge in [0.2, 0.25) is 0 Å². The standard InChI is InChI=1S/C16H18N2O/c1-2-16(7-9-18-11-16)15(19)13-5-3-4-12-6-8-17-10-14(12)13/h3-6,8,10,18H,2,7,9,11H2,1H3. The van der Waals surface area contributed by atoms with Crippen molar-refractivity contribution in [3.8, 4) is 0 Å². The molecule has 19 heavy (non-hydrogen) atoms.